The lowest BCUT2D eigenvalue weighted by molar-refractivity contribution is 0.445. The smallest absolute Gasteiger partial charge is 0.263 e. The molecular formula is C17H11IO5. The maximum Gasteiger partial charge on any atom is 0.263 e. The molecule has 0 atom stereocenters. The Labute approximate surface area is 142 Å². The number of aliphatic hydroxyl groups is 1. The third-order valence-corrected chi connectivity index (χ3v) is 5.09. The molecule has 4 rings (SSSR count). The van der Waals surface area contributed by atoms with Crippen molar-refractivity contribution in [2.75, 3.05) is 0 Å². The van der Waals surface area contributed by atoms with Crippen molar-refractivity contribution in [2.45, 2.75) is 12.8 Å². The van der Waals surface area contributed by atoms with E-state index in [1.165, 1.54) is 6.07 Å². The van der Waals surface area contributed by atoms with E-state index in [4.69, 9.17) is 4.42 Å². The first-order chi connectivity index (χ1) is 10.9. The predicted octanol–water partition coefficient (Wildman–Crippen LogP) is 1.56. The lowest BCUT2D eigenvalue weighted by Gasteiger charge is -2.10. The van der Waals surface area contributed by atoms with Crippen LogP contribution in [0.2, 0.25) is 0 Å². The monoisotopic (exact) mass is 422 g/mol. The van der Waals surface area contributed by atoms with E-state index >= 15 is 0 Å². The number of aliphatic hydroxyl groups excluding tert-OH is 1. The number of phenols is 1. The minimum absolute atomic E-state index is 0.0456. The zero-order chi connectivity index (χ0) is 16.5. The van der Waals surface area contributed by atoms with Gasteiger partial charge in [-0.05, 0) is 41.1 Å². The molecule has 0 spiro atoms. The number of halogens is 1. The molecule has 0 unspecified atom stereocenters. The summed E-state index contributed by atoms with van der Waals surface area (Å²) >= 11 is 2.02. The van der Waals surface area contributed by atoms with Crippen LogP contribution in [0, 0.1) is 14.2 Å². The summed E-state index contributed by atoms with van der Waals surface area (Å²) in [6.45, 7) is 3.84. The first-order valence-corrected chi connectivity index (χ1v) is 8.02. The molecule has 0 saturated carbocycles. The normalized spacial score (nSPS) is 13.9. The van der Waals surface area contributed by atoms with Gasteiger partial charge in [-0.25, -0.2) is 0 Å². The quantitative estimate of drug-likeness (QED) is 0.479. The fourth-order valence-electron chi connectivity index (χ4n) is 3.20. The Morgan fingerprint density at radius 1 is 1.17 bits per heavy atom. The minimum Gasteiger partial charge on any atom is -0.512 e. The molecule has 1 heterocycles. The summed E-state index contributed by atoms with van der Waals surface area (Å²) in [6, 6.07) is 2.99. The van der Waals surface area contributed by atoms with Gasteiger partial charge < -0.3 is 19.7 Å². The highest BCUT2D eigenvalue weighted by Crippen LogP contribution is 2.34. The van der Waals surface area contributed by atoms with Crippen LogP contribution < -0.4 is 16.1 Å². The van der Waals surface area contributed by atoms with Gasteiger partial charge >= 0.3 is 0 Å². The van der Waals surface area contributed by atoms with Crippen LogP contribution in [0.1, 0.15) is 12.0 Å². The molecule has 1 aliphatic heterocycles. The van der Waals surface area contributed by atoms with Crippen LogP contribution in [-0.4, -0.2) is 15.3 Å². The first-order valence-electron chi connectivity index (χ1n) is 6.94. The Morgan fingerprint density at radius 3 is 2.65 bits per heavy atom. The molecule has 2 aliphatic carbocycles. The topological polar surface area (TPSA) is 90.9 Å². The fraction of sp³-hybridized carbons (Fsp3) is 0.118. The Kier molecular flexibility index (Phi) is 2.90. The van der Waals surface area contributed by atoms with Crippen molar-refractivity contribution in [1.82, 2.24) is 0 Å². The molecule has 0 amide bonds. The minimum atomic E-state index is -0.658. The summed E-state index contributed by atoms with van der Waals surface area (Å²) in [5, 5.41) is 32.7. The maximum atomic E-state index is 12.3. The Morgan fingerprint density at radius 2 is 1.91 bits per heavy atom. The van der Waals surface area contributed by atoms with Gasteiger partial charge in [0, 0.05) is 33.2 Å². The van der Waals surface area contributed by atoms with Crippen LogP contribution in [-0.2, 0) is 6.42 Å². The van der Waals surface area contributed by atoms with E-state index in [-0.39, 0.29) is 28.8 Å². The first kappa shape index (κ1) is 14.4. The van der Waals surface area contributed by atoms with Gasteiger partial charge in [0.2, 0.25) is 0 Å². The Balaban J connectivity index is 2.59. The van der Waals surface area contributed by atoms with Crippen molar-refractivity contribution < 1.29 is 19.7 Å². The highest BCUT2D eigenvalue weighted by atomic mass is 127. The summed E-state index contributed by atoms with van der Waals surface area (Å²) in [6.07, 6.45) is 0.698. The molecule has 1 aromatic carbocycles. The van der Waals surface area contributed by atoms with Crippen molar-refractivity contribution >= 4 is 45.7 Å². The van der Waals surface area contributed by atoms with E-state index in [0.717, 1.165) is 0 Å². The number of rotatable bonds is 0. The van der Waals surface area contributed by atoms with Crippen LogP contribution in [0.4, 0.5) is 0 Å². The Bertz CT molecular complexity index is 1240. The van der Waals surface area contributed by atoms with Gasteiger partial charge in [-0.1, -0.05) is 6.58 Å². The summed E-state index contributed by atoms with van der Waals surface area (Å²) in [5.74, 6) is -0.310. The lowest BCUT2D eigenvalue weighted by Crippen LogP contribution is -2.19. The van der Waals surface area contributed by atoms with Gasteiger partial charge in [0.05, 0.1) is 3.57 Å². The summed E-state index contributed by atoms with van der Waals surface area (Å²) in [7, 11) is 0. The van der Waals surface area contributed by atoms with Crippen LogP contribution in [0.25, 0.3) is 23.1 Å². The molecule has 0 radical (unpaired) electrons. The fourth-order valence-corrected chi connectivity index (χ4v) is 3.83. The number of benzene rings is 1. The number of phenolic OH excluding ortho intramolecular Hbond substituents is 1. The van der Waals surface area contributed by atoms with Gasteiger partial charge in [-0.3, -0.25) is 4.79 Å². The summed E-state index contributed by atoms with van der Waals surface area (Å²) in [4.78, 5) is 12.3. The molecule has 0 bridgehead atoms. The van der Waals surface area contributed by atoms with Crippen LogP contribution in [0.5, 0.6) is 11.5 Å². The molecule has 1 aromatic rings. The van der Waals surface area contributed by atoms with Crippen molar-refractivity contribution in [3.63, 3.8) is 0 Å². The van der Waals surface area contributed by atoms with Crippen molar-refractivity contribution in [1.29, 1.82) is 0 Å². The number of hydrogen-bond acceptors (Lipinski definition) is 5. The van der Waals surface area contributed by atoms with Crippen LogP contribution >= 0.6 is 22.6 Å². The van der Waals surface area contributed by atoms with Crippen molar-refractivity contribution in [3.8, 4) is 11.5 Å². The van der Waals surface area contributed by atoms with E-state index in [2.05, 4.69) is 6.58 Å². The maximum absolute atomic E-state index is 12.3. The number of aromatic hydroxyl groups is 2. The SMILES string of the molecule is C=c1oc2c(=O)c(O)cc3c=2c2c(c(O)c(I)cc12)CCC=3O. The van der Waals surface area contributed by atoms with Gasteiger partial charge in [-0.15, -0.1) is 0 Å². The molecule has 0 aromatic heterocycles. The second-order valence-electron chi connectivity index (χ2n) is 5.56. The highest BCUT2D eigenvalue weighted by Gasteiger charge is 2.21. The molecule has 0 saturated heterocycles. The largest absolute Gasteiger partial charge is 0.512 e. The summed E-state index contributed by atoms with van der Waals surface area (Å²) < 4.78 is 6.21. The van der Waals surface area contributed by atoms with E-state index in [0.29, 0.717) is 36.8 Å². The molecule has 3 aliphatic rings. The molecule has 3 N–H and O–H groups in total. The second kappa shape index (κ2) is 4.64. The van der Waals surface area contributed by atoms with Gasteiger partial charge in [-0.2, -0.15) is 0 Å². The third kappa shape index (κ3) is 1.81. The van der Waals surface area contributed by atoms with E-state index in [1.54, 1.807) is 6.07 Å². The second-order valence-corrected chi connectivity index (χ2v) is 6.72. The molecule has 116 valence electrons. The van der Waals surface area contributed by atoms with E-state index in [9.17, 15) is 20.1 Å². The molecule has 5 nitrogen and oxygen atoms in total. The standard InChI is InChI=1S/C17H11IO5/c1-6-8-4-10(18)15(21)7-2-3-11(19)9-5-12(20)16(22)17(23-6)14(9)13(7)8/h4-5,19-21H,1-3H2. The predicted molar refractivity (Wildman–Crippen MR) is 93.0 cm³/mol. The van der Waals surface area contributed by atoms with Crippen molar-refractivity contribution in [3.05, 3.63) is 52.8 Å². The molecular weight excluding hydrogens is 411 g/mol. The van der Waals surface area contributed by atoms with E-state index in [1.807, 2.05) is 22.6 Å². The zero-order valence-corrected chi connectivity index (χ0v) is 14.0. The van der Waals surface area contributed by atoms with Gasteiger partial charge in [0.25, 0.3) is 5.43 Å². The average Bonchev–Trinajstić information content (AvgIpc) is 2.65. The van der Waals surface area contributed by atoms with E-state index < -0.39 is 11.2 Å². The van der Waals surface area contributed by atoms with Crippen molar-refractivity contribution in [2.24, 2.45) is 0 Å². The average molecular weight is 422 g/mol. The van der Waals surface area contributed by atoms with Crippen LogP contribution in [0.3, 0.4) is 0 Å². The lowest BCUT2D eigenvalue weighted by atomic mass is 10.00. The van der Waals surface area contributed by atoms with Crippen LogP contribution in [0.15, 0.2) is 21.3 Å². The Hall–Kier alpha value is -2.22. The molecule has 0 fully saturated rings. The number of aryl methyl sites for hydroxylation is 1. The molecule has 23 heavy (non-hydrogen) atoms. The zero-order valence-electron chi connectivity index (χ0n) is 11.8. The third-order valence-electron chi connectivity index (χ3n) is 4.27. The molecule has 6 heteroatoms. The highest BCUT2D eigenvalue weighted by molar-refractivity contribution is 14.1. The van der Waals surface area contributed by atoms with Gasteiger partial charge in [0.15, 0.2) is 11.2 Å². The summed E-state index contributed by atoms with van der Waals surface area (Å²) in [5.41, 5.74) is 0.205. The number of hydrogen-bond donors (Lipinski definition) is 3. The van der Waals surface area contributed by atoms with Gasteiger partial charge in [0.1, 0.15) is 16.9 Å².